The monoisotopic (exact) mass is 312 g/mol. The third-order valence-electron chi connectivity index (χ3n) is 3.51. The third-order valence-corrected chi connectivity index (χ3v) is 5.68. The van der Waals surface area contributed by atoms with Crippen LogP contribution in [0.1, 0.15) is 30.0 Å². The van der Waals surface area contributed by atoms with Gasteiger partial charge in [0.1, 0.15) is 16.4 Å². The molecule has 0 bridgehead atoms. The molecule has 0 aliphatic rings. The first kappa shape index (κ1) is 15.7. The minimum absolute atomic E-state index is 0.0354. The van der Waals surface area contributed by atoms with Crippen LogP contribution in [0.15, 0.2) is 33.7 Å². The van der Waals surface area contributed by atoms with Gasteiger partial charge in [-0.2, -0.15) is 4.31 Å². The van der Waals surface area contributed by atoms with Crippen LogP contribution in [-0.2, 0) is 10.0 Å². The molecule has 1 unspecified atom stereocenters. The first-order valence-corrected chi connectivity index (χ1v) is 7.86. The quantitative estimate of drug-likeness (QED) is 0.871. The number of benzene rings is 1. The zero-order valence-electron chi connectivity index (χ0n) is 12.3. The maximum absolute atomic E-state index is 13.8. The van der Waals surface area contributed by atoms with E-state index >= 15 is 0 Å². The van der Waals surface area contributed by atoms with E-state index in [-0.39, 0.29) is 10.7 Å². The van der Waals surface area contributed by atoms with Crippen LogP contribution in [0.5, 0.6) is 0 Å². The minimum atomic E-state index is -3.81. The molecule has 0 aliphatic carbocycles. The van der Waals surface area contributed by atoms with Gasteiger partial charge in [-0.15, -0.1) is 0 Å². The minimum Gasteiger partial charge on any atom is -0.360 e. The first-order chi connectivity index (χ1) is 9.76. The van der Waals surface area contributed by atoms with Crippen LogP contribution in [0.25, 0.3) is 0 Å². The number of hydrogen-bond donors (Lipinski definition) is 0. The summed E-state index contributed by atoms with van der Waals surface area (Å²) in [6.45, 7) is 4.73. The average Bonchev–Trinajstić information content (AvgIpc) is 2.77. The highest BCUT2D eigenvalue weighted by atomic mass is 32.2. The van der Waals surface area contributed by atoms with E-state index in [1.807, 2.05) is 0 Å². The zero-order chi connectivity index (χ0) is 15.8. The fourth-order valence-corrected chi connectivity index (χ4v) is 3.83. The van der Waals surface area contributed by atoms with Crippen molar-refractivity contribution in [1.82, 2.24) is 9.46 Å². The van der Waals surface area contributed by atoms with Gasteiger partial charge in [0.25, 0.3) is 0 Å². The number of nitrogens with zero attached hydrogens (tertiary/aromatic N) is 2. The van der Waals surface area contributed by atoms with Crippen LogP contribution in [0.2, 0.25) is 0 Å². The van der Waals surface area contributed by atoms with Crippen LogP contribution in [0.3, 0.4) is 0 Å². The first-order valence-electron chi connectivity index (χ1n) is 6.42. The van der Waals surface area contributed by atoms with E-state index in [1.54, 1.807) is 32.0 Å². The van der Waals surface area contributed by atoms with Crippen molar-refractivity contribution in [2.24, 2.45) is 0 Å². The molecule has 2 rings (SSSR count). The van der Waals surface area contributed by atoms with Gasteiger partial charge in [0.2, 0.25) is 10.0 Å². The van der Waals surface area contributed by atoms with Crippen molar-refractivity contribution in [2.75, 3.05) is 7.05 Å². The summed E-state index contributed by atoms with van der Waals surface area (Å²) >= 11 is 0. The van der Waals surface area contributed by atoms with Crippen LogP contribution < -0.4 is 0 Å². The summed E-state index contributed by atoms with van der Waals surface area (Å²) in [7, 11) is -2.40. The summed E-state index contributed by atoms with van der Waals surface area (Å²) in [6, 6.07) is 5.46. The van der Waals surface area contributed by atoms with Gasteiger partial charge in [-0.1, -0.05) is 23.4 Å². The molecule has 1 aromatic carbocycles. The molecule has 1 atom stereocenters. The van der Waals surface area contributed by atoms with E-state index in [0.717, 1.165) is 4.31 Å². The lowest BCUT2D eigenvalue weighted by atomic mass is 10.1. The summed E-state index contributed by atoms with van der Waals surface area (Å²) in [5.41, 5.74) is 0.607. The van der Waals surface area contributed by atoms with Crippen molar-refractivity contribution in [3.63, 3.8) is 0 Å². The summed E-state index contributed by atoms with van der Waals surface area (Å²) in [4.78, 5) is 0.0354. The van der Waals surface area contributed by atoms with E-state index < -0.39 is 21.9 Å². The highest BCUT2D eigenvalue weighted by Crippen LogP contribution is 2.30. The normalized spacial score (nSPS) is 13.6. The molecule has 7 heteroatoms. The number of halogens is 1. The lowest BCUT2D eigenvalue weighted by molar-refractivity contribution is 0.380. The second-order valence-electron chi connectivity index (χ2n) is 4.87. The van der Waals surface area contributed by atoms with E-state index in [0.29, 0.717) is 11.3 Å². The standard InChI is InChI=1S/C14H17FN2O3S/c1-9-14(11(3)20-16-9)21(18,19)17(4)10(2)12-7-5-6-8-13(12)15/h5-8,10H,1-4H3. The molecule has 2 aromatic rings. The molecular weight excluding hydrogens is 295 g/mol. The molecule has 1 aromatic heterocycles. The van der Waals surface area contributed by atoms with Crippen molar-refractivity contribution in [1.29, 1.82) is 0 Å². The van der Waals surface area contributed by atoms with Crippen molar-refractivity contribution in [2.45, 2.75) is 31.7 Å². The molecule has 0 fully saturated rings. The van der Waals surface area contributed by atoms with Gasteiger partial charge >= 0.3 is 0 Å². The summed E-state index contributed by atoms with van der Waals surface area (Å²) < 4.78 is 45.2. The summed E-state index contributed by atoms with van der Waals surface area (Å²) in [6.07, 6.45) is 0. The highest BCUT2D eigenvalue weighted by molar-refractivity contribution is 7.89. The van der Waals surface area contributed by atoms with Gasteiger partial charge in [0.15, 0.2) is 5.76 Å². The van der Waals surface area contributed by atoms with Crippen molar-refractivity contribution in [3.05, 3.63) is 47.1 Å². The van der Waals surface area contributed by atoms with Crippen LogP contribution in [-0.4, -0.2) is 24.9 Å². The lowest BCUT2D eigenvalue weighted by Gasteiger charge is -2.24. The van der Waals surface area contributed by atoms with Gasteiger partial charge in [-0.3, -0.25) is 0 Å². The second-order valence-corrected chi connectivity index (χ2v) is 6.81. The Kier molecular flexibility index (Phi) is 4.15. The molecule has 0 spiro atoms. The van der Waals surface area contributed by atoms with Crippen LogP contribution >= 0.6 is 0 Å². The molecule has 0 saturated heterocycles. The smallest absolute Gasteiger partial charge is 0.248 e. The van der Waals surface area contributed by atoms with E-state index in [2.05, 4.69) is 5.16 Å². The molecule has 0 radical (unpaired) electrons. The Balaban J connectivity index is 2.44. The molecule has 1 heterocycles. The van der Waals surface area contributed by atoms with Crippen LogP contribution in [0, 0.1) is 19.7 Å². The number of aromatic nitrogens is 1. The Morgan fingerprint density at radius 3 is 2.43 bits per heavy atom. The second kappa shape index (κ2) is 5.57. The Labute approximate surface area is 123 Å². The van der Waals surface area contributed by atoms with Gasteiger partial charge in [0, 0.05) is 18.7 Å². The molecule has 0 N–H and O–H groups in total. The SMILES string of the molecule is Cc1noc(C)c1S(=O)(=O)N(C)C(C)c1ccccc1F. The maximum atomic E-state index is 13.8. The Hall–Kier alpha value is -1.73. The van der Waals surface area contributed by atoms with E-state index in [9.17, 15) is 12.8 Å². The number of aryl methyl sites for hydroxylation is 2. The van der Waals surface area contributed by atoms with Gasteiger partial charge in [-0.05, 0) is 26.8 Å². The molecule has 0 aliphatic heterocycles. The van der Waals surface area contributed by atoms with Crippen molar-refractivity contribution in [3.8, 4) is 0 Å². The predicted molar refractivity (Wildman–Crippen MR) is 75.7 cm³/mol. The maximum Gasteiger partial charge on any atom is 0.248 e. The zero-order valence-corrected chi connectivity index (χ0v) is 13.1. The molecule has 21 heavy (non-hydrogen) atoms. The fraction of sp³-hybridized carbons (Fsp3) is 0.357. The third kappa shape index (κ3) is 2.71. The number of hydrogen-bond acceptors (Lipinski definition) is 4. The Morgan fingerprint density at radius 2 is 1.90 bits per heavy atom. The number of sulfonamides is 1. The average molecular weight is 312 g/mol. The largest absolute Gasteiger partial charge is 0.360 e. The Morgan fingerprint density at radius 1 is 1.29 bits per heavy atom. The van der Waals surface area contributed by atoms with Crippen molar-refractivity contribution < 1.29 is 17.3 Å². The van der Waals surface area contributed by atoms with Gasteiger partial charge in [0.05, 0.1) is 0 Å². The summed E-state index contributed by atoms with van der Waals surface area (Å²) in [5, 5.41) is 3.66. The highest BCUT2D eigenvalue weighted by Gasteiger charge is 2.32. The Bertz CT molecular complexity index is 736. The molecule has 114 valence electrons. The topological polar surface area (TPSA) is 63.4 Å². The molecule has 0 amide bonds. The van der Waals surface area contributed by atoms with Gasteiger partial charge in [-0.25, -0.2) is 12.8 Å². The fourth-order valence-electron chi connectivity index (χ4n) is 2.20. The van der Waals surface area contributed by atoms with E-state index in [4.69, 9.17) is 4.52 Å². The predicted octanol–water partition coefficient (Wildman–Crippen LogP) is 2.81. The van der Waals surface area contributed by atoms with Gasteiger partial charge < -0.3 is 4.52 Å². The van der Waals surface area contributed by atoms with Crippen LogP contribution in [0.4, 0.5) is 4.39 Å². The molecular formula is C14H17FN2O3S. The summed E-state index contributed by atoms with van der Waals surface area (Å²) in [5.74, 6) is -0.217. The molecule has 5 nitrogen and oxygen atoms in total. The lowest BCUT2D eigenvalue weighted by Crippen LogP contribution is -2.31. The number of rotatable bonds is 4. The van der Waals surface area contributed by atoms with E-state index in [1.165, 1.54) is 20.0 Å². The molecule has 0 saturated carbocycles. The van der Waals surface area contributed by atoms with Crippen molar-refractivity contribution >= 4 is 10.0 Å².